The third-order valence-corrected chi connectivity index (χ3v) is 4.91. The van der Waals surface area contributed by atoms with Gasteiger partial charge in [-0.1, -0.05) is 23.2 Å². The number of carbonyl (C=O) groups is 1. The fraction of sp³-hybridized carbons (Fsp3) is 0.471. The highest BCUT2D eigenvalue weighted by Gasteiger charge is 2.22. The molecule has 2 N–H and O–H groups in total. The zero-order valence-electron chi connectivity index (χ0n) is 15.6. The molecule has 156 valence electrons. The Morgan fingerprint density at radius 1 is 1.14 bits per heavy atom. The molecule has 0 radical (unpaired) electrons. The molecule has 3 rings (SSSR count). The molecule has 0 spiro atoms. The van der Waals surface area contributed by atoms with E-state index in [1.165, 1.54) is 6.20 Å². The van der Waals surface area contributed by atoms with E-state index in [2.05, 4.69) is 25.5 Å². The fourth-order valence-electron chi connectivity index (χ4n) is 2.81. The van der Waals surface area contributed by atoms with Crippen LogP contribution in [-0.2, 0) is 9.53 Å². The molecule has 1 aliphatic heterocycles. The van der Waals surface area contributed by atoms with Crippen LogP contribution in [0.5, 0.6) is 0 Å². The lowest BCUT2D eigenvalue weighted by Gasteiger charge is -2.34. The summed E-state index contributed by atoms with van der Waals surface area (Å²) < 4.78 is 5.49. The highest BCUT2D eigenvalue weighted by atomic mass is 35.5. The van der Waals surface area contributed by atoms with E-state index in [9.17, 15) is 9.59 Å². The van der Waals surface area contributed by atoms with E-state index >= 15 is 0 Å². The number of aromatic nitrogens is 4. The van der Waals surface area contributed by atoms with E-state index in [4.69, 9.17) is 27.9 Å². The summed E-state index contributed by atoms with van der Waals surface area (Å²) in [5.74, 6) is 0.671. The minimum atomic E-state index is -0.453. The monoisotopic (exact) mass is 441 g/mol. The molecular formula is C17H21Cl2N7O3. The summed E-state index contributed by atoms with van der Waals surface area (Å²) in [5, 5.41) is 9.43. The summed E-state index contributed by atoms with van der Waals surface area (Å²) in [7, 11) is 0. The van der Waals surface area contributed by atoms with Gasteiger partial charge in [0.2, 0.25) is 11.9 Å². The number of ether oxygens (including phenoxy) is 1. The molecule has 1 aliphatic rings. The first kappa shape index (κ1) is 21.3. The summed E-state index contributed by atoms with van der Waals surface area (Å²) in [4.78, 5) is 35.9. The normalized spacial score (nSPS) is 14.1. The third kappa shape index (κ3) is 6.02. The number of hydrogen-bond donors (Lipinski definition) is 2. The van der Waals surface area contributed by atoms with Crippen LogP contribution in [-0.4, -0.2) is 76.9 Å². The molecule has 2 aromatic rings. The van der Waals surface area contributed by atoms with Gasteiger partial charge in [0.25, 0.3) is 5.56 Å². The Hall–Kier alpha value is -2.43. The Morgan fingerprint density at radius 3 is 2.59 bits per heavy atom. The van der Waals surface area contributed by atoms with Crippen molar-refractivity contribution in [3.63, 3.8) is 0 Å². The van der Waals surface area contributed by atoms with Crippen molar-refractivity contribution in [1.82, 2.24) is 25.1 Å². The Morgan fingerprint density at radius 2 is 1.86 bits per heavy atom. The van der Waals surface area contributed by atoms with Crippen LogP contribution in [0.25, 0.3) is 0 Å². The molecule has 0 saturated carbocycles. The number of amides is 1. The van der Waals surface area contributed by atoms with E-state index in [1.807, 2.05) is 9.80 Å². The molecule has 2 aromatic heterocycles. The molecule has 0 aliphatic carbocycles. The van der Waals surface area contributed by atoms with Gasteiger partial charge in [0.05, 0.1) is 48.9 Å². The number of nitrogens with one attached hydrogen (secondary N) is 2. The molecular weight excluding hydrogens is 421 g/mol. The highest BCUT2D eigenvalue weighted by molar-refractivity contribution is 6.32. The Labute approximate surface area is 177 Å². The van der Waals surface area contributed by atoms with Crippen LogP contribution in [0.1, 0.15) is 6.42 Å². The maximum absolute atomic E-state index is 12.3. The average molecular weight is 442 g/mol. The van der Waals surface area contributed by atoms with E-state index in [0.717, 1.165) is 0 Å². The second kappa shape index (κ2) is 10.4. The van der Waals surface area contributed by atoms with Crippen molar-refractivity contribution in [2.75, 3.05) is 56.2 Å². The first-order chi connectivity index (χ1) is 14.0. The number of piperazine rings is 1. The zero-order chi connectivity index (χ0) is 20.6. The molecule has 3 heterocycles. The molecule has 1 fully saturated rings. The quantitative estimate of drug-likeness (QED) is 0.583. The first-order valence-corrected chi connectivity index (χ1v) is 9.85. The molecule has 10 nitrogen and oxygen atoms in total. The van der Waals surface area contributed by atoms with E-state index in [1.54, 1.807) is 12.4 Å². The number of aromatic amines is 1. The minimum Gasteiger partial charge on any atom is -0.380 e. The second-order valence-electron chi connectivity index (χ2n) is 6.29. The van der Waals surface area contributed by atoms with Gasteiger partial charge < -0.3 is 19.9 Å². The van der Waals surface area contributed by atoms with Gasteiger partial charge in [-0.15, -0.1) is 0 Å². The van der Waals surface area contributed by atoms with Crippen molar-refractivity contribution in [2.45, 2.75) is 6.42 Å². The molecule has 0 bridgehead atoms. The Kier molecular flexibility index (Phi) is 7.62. The fourth-order valence-corrected chi connectivity index (χ4v) is 3.06. The SMILES string of the molecule is O=C(CCOCCNc1cn[nH]c(=O)c1Cl)N1CCN(c2ncc(Cl)cn2)CC1. The van der Waals surface area contributed by atoms with Gasteiger partial charge in [-0.3, -0.25) is 9.59 Å². The number of H-pyrrole nitrogens is 1. The van der Waals surface area contributed by atoms with Crippen LogP contribution in [0.4, 0.5) is 11.6 Å². The van der Waals surface area contributed by atoms with Gasteiger partial charge in [-0.05, 0) is 0 Å². The molecule has 1 saturated heterocycles. The summed E-state index contributed by atoms with van der Waals surface area (Å²) >= 11 is 11.7. The summed E-state index contributed by atoms with van der Waals surface area (Å²) in [6.07, 6.45) is 4.87. The largest absolute Gasteiger partial charge is 0.380 e. The van der Waals surface area contributed by atoms with E-state index in [0.29, 0.717) is 69.0 Å². The predicted molar refractivity (Wildman–Crippen MR) is 110 cm³/mol. The first-order valence-electron chi connectivity index (χ1n) is 9.09. The van der Waals surface area contributed by atoms with E-state index in [-0.39, 0.29) is 10.9 Å². The van der Waals surface area contributed by atoms with Crippen molar-refractivity contribution in [2.24, 2.45) is 0 Å². The van der Waals surface area contributed by atoms with Gasteiger partial charge in [0.15, 0.2) is 0 Å². The molecule has 0 aromatic carbocycles. The molecule has 29 heavy (non-hydrogen) atoms. The minimum absolute atomic E-state index is 0.0523. The van der Waals surface area contributed by atoms with Crippen LogP contribution in [0.3, 0.4) is 0 Å². The number of hydrogen-bond acceptors (Lipinski definition) is 8. The van der Waals surface area contributed by atoms with Crippen molar-refractivity contribution in [3.8, 4) is 0 Å². The number of anilines is 2. The maximum Gasteiger partial charge on any atom is 0.285 e. The number of halogens is 2. The van der Waals surface area contributed by atoms with Gasteiger partial charge in [0.1, 0.15) is 5.02 Å². The van der Waals surface area contributed by atoms with Gasteiger partial charge in [-0.2, -0.15) is 5.10 Å². The Balaban J connectivity index is 1.31. The third-order valence-electron chi connectivity index (χ3n) is 4.34. The standard InChI is InChI=1S/C17H21Cl2N7O3/c18-12-9-21-17(22-10-12)26-5-3-25(4-6-26)14(27)1-7-29-8-2-20-13-11-23-24-16(28)15(13)19/h9-11H,1-8H2,(H2,20,24,28). The summed E-state index contributed by atoms with van der Waals surface area (Å²) in [6, 6.07) is 0. The highest BCUT2D eigenvalue weighted by Crippen LogP contribution is 2.14. The lowest BCUT2D eigenvalue weighted by atomic mass is 10.3. The zero-order valence-corrected chi connectivity index (χ0v) is 17.1. The lowest BCUT2D eigenvalue weighted by molar-refractivity contribution is -0.132. The van der Waals surface area contributed by atoms with Crippen LogP contribution in [0.2, 0.25) is 10.0 Å². The predicted octanol–water partition coefficient (Wildman–Crippen LogP) is 1.03. The topological polar surface area (TPSA) is 116 Å². The van der Waals surface area contributed by atoms with Crippen molar-refractivity contribution < 1.29 is 9.53 Å². The van der Waals surface area contributed by atoms with Crippen LogP contribution >= 0.6 is 23.2 Å². The van der Waals surface area contributed by atoms with E-state index < -0.39 is 5.56 Å². The molecule has 1 amide bonds. The van der Waals surface area contributed by atoms with Crippen molar-refractivity contribution in [1.29, 1.82) is 0 Å². The number of carbonyl (C=O) groups excluding carboxylic acids is 1. The van der Waals surface area contributed by atoms with Gasteiger partial charge >= 0.3 is 0 Å². The lowest BCUT2D eigenvalue weighted by Crippen LogP contribution is -2.49. The molecule has 12 heteroatoms. The van der Waals surface area contributed by atoms with Crippen LogP contribution in [0, 0.1) is 0 Å². The van der Waals surface area contributed by atoms with Gasteiger partial charge in [-0.25, -0.2) is 15.1 Å². The summed E-state index contributed by atoms with van der Waals surface area (Å²) in [5.41, 5.74) is -0.0106. The number of nitrogens with zero attached hydrogens (tertiary/aromatic N) is 5. The molecule has 0 unspecified atom stereocenters. The van der Waals surface area contributed by atoms with Gasteiger partial charge in [0, 0.05) is 32.7 Å². The van der Waals surface area contributed by atoms with Crippen LogP contribution < -0.4 is 15.8 Å². The second-order valence-corrected chi connectivity index (χ2v) is 7.10. The number of rotatable bonds is 8. The van der Waals surface area contributed by atoms with Crippen LogP contribution in [0.15, 0.2) is 23.4 Å². The smallest absolute Gasteiger partial charge is 0.285 e. The summed E-state index contributed by atoms with van der Waals surface area (Å²) in [6.45, 7) is 3.70. The maximum atomic E-state index is 12.3. The Bertz CT molecular complexity index is 870. The molecule has 0 atom stereocenters. The van der Waals surface area contributed by atoms with Crippen molar-refractivity contribution >= 4 is 40.7 Å². The van der Waals surface area contributed by atoms with Crippen molar-refractivity contribution in [3.05, 3.63) is 39.0 Å². The average Bonchev–Trinajstić information content (AvgIpc) is 2.74.